The lowest BCUT2D eigenvalue weighted by Crippen LogP contribution is -2.60. The summed E-state index contributed by atoms with van der Waals surface area (Å²) in [6.45, 7) is 3.73. The van der Waals surface area contributed by atoms with Crippen molar-refractivity contribution in [2.75, 3.05) is 13.2 Å². The molecule has 6 N–H and O–H groups in total. The maximum absolute atomic E-state index is 13.1. The van der Waals surface area contributed by atoms with E-state index in [4.69, 9.17) is 9.47 Å². The predicted octanol–water partition coefficient (Wildman–Crippen LogP) is 19.6. The molecule has 0 bridgehead atoms. The van der Waals surface area contributed by atoms with E-state index >= 15 is 0 Å². The van der Waals surface area contributed by atoms with Crippen molar-refractivity contribution in [1.29, 1.82) is 0 Å². The molecular formula is C77H131NO8. The van der Waals surface area contributed by atoms with Crippen LogP contribution in [-0.2, 0) is 14.3 Å². The summed E-state index contributed by atoms with van der Waals surface area (Å²) in [4.78, 5) is 13.1. The average Bonchev–Trinajstić information content (AvgIpc) is 2.44. The highest BCUT2D eigenvalue weighted by Crippen LogP contribution is 2.23. The number of hydrogen-bond donors (Lipinski definition) is 6. The summed E-state index contributed by atoms with van der Waals surface area (Å²) in [5.41, 5.74) is 0. The quantitative estimate of drug-likeness (QED) is 0.0261. The Morgan fingerprint density at radius 2 is 0.721 bits per heavy atom. The van der Waals surface area contributed by atoms with Gasteiger partial charge in [0.05, 0.1) is 25.4 Å². The van der Waals surface area contributed by atoms with Gasteiger partial charge in [0, 0.05) is 6.42 Å². The number of aliphatic hydroxyl groups is 5. The fourth-order valence-corrected chi connectivity index (χ4v) is 10.5. The smallest absolute Gasteiger partial charge is 0.220 e. The molecule has 1 fully saturated rings. The molecule has 1 amide bonds. The Kier molecular flexibility index (Phi) is 60.1. The van der Waals surface area contributed by atoms with Crippen LogP contribution in [0, 0.1) is 0 Å². The van der Waals surface area contributed by atoms with Crippen LogP contribution in [0.15, 0.2) is 134 Å². The zero-order valence-electron chi connectivity index (χ0n) is 55.0. The van der Waals surface area contributed by atoms with E-state index in [-0.39, 0.29) is 12.5 Å². The first kappa shape index (κ1) is 80.3. The van der Waals surface area contributed by atoms with Gasteiger partial charge >= 0.3 is 0 Å². The Balaban J connectivity index is 2.19. The highest BCUT2D eigenvalue weighted by Gasteiger charge is 2.44. The fraction of sp³-hybridized carbons (Fsp3) is 0.701. The molecule has 0 aromatic carbocycles. The third-order valence-electron chi connectivity index (χ3n) is 16.0. The molecule has 9 heteroatoms. The summed E-state index contributed by atoms with van der Waals surface area (Å²) >= 11 is 0. The van der Waals surface area contributed by atoms with E-state index in [1.807, 2.05) is 0 Å². The van der Waals surface area contributed by atoms with Crippen LogP contribution in [0.1, 0.15) is 290 Å². The number of aliphatic hydroxyl groups excluding tert-OH is 5. The van der Waals surface area contributed by atoms with E-state index in [1.165, 1.54) is 148 Å². The molecule has 1 saturated heterocycles. The van der Waals surface area contributed by atoms with Crippen LogP contribution in [0.25, 0.3) is 0 Å². The Bertz CT molecular complexity index is 1820. The summed E-state index contributed by atoms with van der Waals surface area (Å²) in [6, 6.07) is -0.749. The van der Waals surface area contributed by atoms with Gasteiger partial charge in [-0.05, 0) is 96.3 Å². The van der Waals surface area contributed by atoms with Crippen molar-refractivity contribution in [3.05, 3.63) is 134 Å². The molecule has 1 rings (SSSR count). The Morgan fingerprint density at radius 1 is 0.407 bits per heavy atom. The molecule has 492 valence electrons. The number of hydrogen-bond acceptors (Lipinski definition) is 8. The molecule has 0 radical (unpaired) electrons. The van der Waals surface area contributed by atoms with Crippen LogP contribution in [-0.4, -0.2) is 87.5 Å². The molecule has 0 spiro atoms. The van der Waals surface area contributed by atoms with Crippen LogP contribution in [0.2, 0.25) is 0 Å². The number of nitrogens with one attached hydrogen (secondary N) is 1. The van der Waals surface area contributed by atoms with Crippen molar-refractivity contribution in [3.63, 3.8) is 0 Å². The second-order valence-corrected chi connectivity index (χ2v) is 23.9. The van der Waals surface area contributed by atoms with Crippen molar-refractivity contribution in [3.8, 4) is 0 Å². The van der Waals surface area contributed by atoms with Crippen LogP contribution in [0.3, 0.4) is 0 Å². The zero-order chi connectivity index (χ0) is 62.1. The third kappa shape index (κ3) is 52.3. The summed E-state index contributed by atoms with van der Waals surface area (Å²) < 4.78 is 11.3. The molecule has 1 aliphatic heterocycles. The summed E-state index contributed by atoms with van der Waals surface area (Å²) in [5.74, 6) is -0.178. The van der Waals surface area contributed by atoms with Gasteiger partial charge in [-0.25, -0.2) is 0 Å². The standard InChI is InChI=1S/C77H131NO8/c1-3-5-7-9-11-13-15-17-19-21-23-25-27-29-31-32-33-34-35-36-37-38-39-40-41-43-45-47-49-51-53-55-57-59-61-63-65-67-73(81)78-70(69-85-77-76(84)75(83)74(82)72(68-79)86-77)71(80)66-64-62-60-58-56-54-52-50-48-46-44-42-30-28-26-24-22-20-18-16-14-12-10-8-6-4-2/h5,7,11,13,17,19,23,25,29,31,33-34,36-37,39-40,43,45,49,51,55,57,70-72,74-77,79-80,82-84H,3-4,6,8-10,12,14-16,18,20-22,24,26-28,30,32,35,38,41-42,44,46-48,50,52-54,56,58-69H2,1-2H3,(H,78,81)/b7-5-,13-11-,19-17-,25-23-,31-29-,34-33-,37-36-,40-39-,45-43-,51-49-,57-55-. The highest BCUT2D eigenvalue weighted by atomic mass is 16.7. The summed E-state index contributed by atoms with van der Waals surface area (Å²) in [5, 5.41) is 54.9. The van der Waals surface area contributed by atoms with Crippen molar-refractivity contribution in [2.24, 2.45) is 0 Å². The van der Waals surface area contributed by atoms with Gasteiger partial charge in [0.2, 0.25) is 5.91 Å². The van der Waals surface area contributed by atoms with Crippen molar-refractivity contribution in [1.82, 2.24) is 5.32 Å². The van der Waals surface area contributed by atoms with E-state index in [1.54, 1.807) is 0 Å². The first-order chi connectivity index (χ1) is 42.3. The molecule has 0 saturated carbocycles. The van der Waals surface area contributed by atoms with E-state index in [9.17, 15) is 30.3 Å². The van der Waals surface area contributed by atoms with Gasteiger partial charge in [-0.15, -0.1) is 0 Å². The molecule has 0 aromatic heterocycles. The van der Waals surface area contributed by atoms with Gasteiger partial charge in [-0.1, -0.05) is 321 Å². The minimum absolute atomic E-state index is 0.159. The van der Waals surface area contributed by atoms with E-state index < -0.39 is 49.5 Å². The lowest BCUT2D eigenvalue weighted by Gasteiger charge is -2.40. The second kappa shape index (κ2) is 64.3. The Labute approximate surface area is 528 Å². The number of ether oxygens (including phenoxy) is 2. The van der Waals surface area contributed by atoms with Crippen LogP contribution in [0.4, 0.5) is 0 Å². The first-order valence-corrected chi connectivity index (χ1v) is 35.4. The third-order valence-corrected chi connectivity index (χ3v) is 16.0. The number of rotatable bonds is 60. The number of amides is 1. The monoisotopic (exact) mass is 1200 g/mol. The molecule has 9 nitrogen and oxygen atoms in total. The number of carbonyl (C=O) groups excluding carboxylic acids is 1. The van der Waals surface area contributed by atoms with Gasteiger partial charge < -0.3 is 40.3 Å². The van der Waals surface area contributed by atoms with Gasteiger partial charge in [0.1, 0.15) is 24.4 Å². The van der Waals surface area contributed by atoms with Gasteiger partial charge in [0.25, 0.3) is 0 Å². The first-order valence-electron chi connectivity index (χ1n) is 35.4. The van der Waals surface area contributed by atoms with E-state index in [2.05, 4.69) is 153 Å². The van der Waals surface area contributed by atoms with E-state index in [0.717, 1.165) is 116 Å². The van der Waals surface area contributed by atoms with Crippen LogP contribution < -0.4 is 5.32 Å². The number of carbonyl (C=O) groups is 1. The molecule has 7 atom stereocenters. The maximum atomic E-state index is 13.1. The lowest BCUT2D eigenvalue weighted by atomic mass is 9.99. The molecule has 1 aliphatic rings. The Hall–Kier alpha value is -3.67. The van der Waals surface area contributed by atoms with Crippen molar-refractivity contribution < 1.29 is 39.8 Å². The van der Waals surface area contributed by atoms with Gasteiger partial charge in [-0.3, -0.25) is 4.79 Å². The van der Waals surface area contributed by atoms with Gasteiger partial charge in [0.15, 0.2) is 6.29 Å². The molecular weight excluding hydrogens is 1070 g/mol. The molecule has 1 heterocycles. The molecule has 0 aliphatic carbocycles. The highest BCUT2D eigenvalue weighted by molar-refractivity contribution is 5.76. The Morgan fingerprint density at radius 3 is 1.06 bits per heavy atom. The van der Waals surface area contributed by atoms with Crippen LogP contribution in [0.5, 0.6) is 0 Å². The predicted molar refractivity (Wildman–Crippen MR) is 368 cm³/mol. The average molecular weight is 1200 g/mol. The second-order valence-electron chi connectivity index (χ2n) is 23.9. The molecule has 0 aromatic rings. The fourth-order valence-electron chi connectivity index (χ4n) is 10.5. The van der Waals surface area contributed by atoms with E-state index in [0.29, 0.717) is 12.8 Å². The largest absolute Gasteiger partial charge is 0.394 e. The topological polar surface area (TPSA) is 149 Å². The molecule has 7 unspecified atom stereocenters. The van der Waals surface area contributed by atoms with Crippen molar-refractivity contribution >= 4 is 5.91 Å². The molecule has 86 heavy (non-hydrogen) atoms. The summed E-state index contributed by atoms with van der Waals surface area (Å²) in [6.07, 6.45) is 90.8. The number of unbranched alkanes of at least 4 members (excludes halogenated alkanes) is 28. The number of allylic oxidation sites excluding steroid dienone is 22. The van der Waals surface area contributed by atoms with Crippen LogP contribution >= 0.6 is 0 Å². The maximum Gasteiger partial charge on any atom is 0.220 e. The minimum Gasteiger partial charge on any atom is -0.394 e. The summed E-state index contributed by atoms with van der Waals surface area (Å²) in [7, 11) is 0. The zero-order valence-corrected chi connectivity index (χ0v) is 55.0. The lowest BCUT2D eigenvalue weighted by molar-refractivity contribution is -0.302. The normalized spacial score (nSPS) is 18.9. The van der Waals surface area contributed by atoms with Gasteiger partial charge in [-0.2, -0.15) is 0 Å². The SMILES string of the molecule is CC/C=C\C/C=C\C/C=C\C/C=C\C/C=C\C/C=C\C/C=C\C/C=C\C/C=C\C/C=C\C/C=C\CCCCCC(=O)NC(COC1OC(CO)C(O)C(O)C1O)C(O)CCCCCCCCCCCCCCCCCCCCCCCCCCCC. The van der Waals surface area contributed by atoms with Crippen molar-refractivity contribution in [2.45, 2.75) is 333 Å². The minimum atomic E-state index is -1.57.